The fraction of sp³-hybridized carbons (Fsp3) is 0.600. The van der Waals surface area contributed by atoms with E-state index in [2.05, 4.69) is 39.8 Å². The van der Waals surface area contributed by atoms with Crippen LogP contribution in [0, 0.1) is 12.8 Å². The van der Waals surface area contributed by atoms with E-state index in [1.54, 1.807) is 0 Å². The van der Waals surface area contributed by atoms with Crippen LogP contribution in [-0.4, -0.2) is 0 Å². The van der Waals surface area contributed by atoms with E-state index in [9.17, 15) is 0 Å². The van der Waals surface area contributed by atoms with Crippen molar-refractivity contribution in [2.24, 2.45) is 5.92 Å². The molecule has 1 unspecified atom stereocenters. The van der Waals surface area contributed by atoms with Crippen molar-refractivity contribution in [3.63, 3.8) is 0 Å². The molecule has 1 aromatic carbocycles. The highest BCUT2D eigenvalue weighted by molar-refractivity contribution is 6.30. The zero-order valence-electron chi connectivity index (χ0n) is 10.7. The Morgan fingerprint density at radius 2 is 1.69 bits per heavy atom. The monoisotopic (exact) mass is 236 g/mol. The third-order valence-corrected chi connectivity index (χ3v) is 4.11. The van der Waals surface area contributed by atoms with Crippen molar-refractivity contribution in [3.8, 4) is 0 Å². The van der Waals surface area contributed by atoms with Crippen LogP contribution >= 0.6 is 11.6 Å². The highest BCUT2D eigenvalue weighted by Crippen LogP contribution is 2.44. The summed E-state index contributed by atoms with van der Waals surface area (Å²) < 4.78 is 0. The summed E-state index contributed by atoms with van der Waals surface area (Å²) in [5, 5.41) is 0.900. The minimum atomic E-state index is 0.559. The highest BCUT2D eigenvalue weighted by atomic mass is 35.5. The maximum atomic E-state index is 6.24. The molecule has 0 spiro atoms. The summed E-state index contributed by atoms with van der Waals surface area (Å²) in [6.45, 7) is 9.08. The second kappa shape index (κ2) is 4.41. The third-order valence-electron chi connectivity index (χ3n) is 3.89. The second-order valence-electron chi connectivity index (χ2n) is 5.49. The molecule has 1 heteroatoms. The van der Waals surface area contributed by atoms with Crippen molar-refractivity contribution >= 4 is 11.6 Å². The van der Waals surface area contributed by atoms with E-state index in [1.807, 2.05) is 0 Å². The van der Waals surface area contributed by atoms with Gasteiger partial charge in [0, 0.05) is 5.02 Å². The molecule has 1 atom stereocenters. The fourth-order valence-electron chi connectivity index (χ4n) is 2.64. The summed E-state index contributed by atoms with van der Waals surface area (Å²) in [5.74, 6) is 2.14. The molecule has 0 saturated heterocycles. The van der Waals surface area contributed by atoms with Gasteiger partial charge in [-0.15, -0.1) is 0 Å². The Morgan fingerprint density at radius 1 is 1.12 bits per heavy atom. The Hall–Kier alpha value is -0.490. The van der Waals surface area contributed by atoms with Gasteiger partial charge in [0.1, 0.15) is 0 Å². The maximum absolute atomic E-state index is 6.24. The lowest BCUT2D eigenvalue weighted by atomic mass is 9.87. The minimum absolute atomic E-state index is 0.559. The SMILES string of the molecule is Cc1c(C(C)C)cc(Cl)cc1C(C)C1CC1. The second-order valence-corrected chi connectivity index (χ2v) is 5.93. The van der Waals surface area contributed by atoms with Gasteiger partial charge in [0.2, 0.25) is 0 Å². The summed E-state index contributed by atoms with van der Waals surface area (Å²) in [4.78, 5) is 0. The summed E-state index contributed by atoms with van der Waals surface area (Å²) in [5.41, 5.74) is 4.34. The molecule has 16 heavy (non-hydrogen) atoms. The van der Waals surface area contributed by atoms with Gasteiger partial charge in [-0.05, 0) is 66.3 Å². The van der Waals surface area contributed by atoms with Crippen LogP contribution in [0.4, 0.5) is 0 Å². The van der Waals surface area contributed by atoms with Crippen molar-refractivity contribution in [3.05, 3.63) is 33.8 Å². The molecule has 1 saturated carbocycles. The standard InChI is InChI=1S/C15H21Cl/c1-9(2)14-7-13(16)8-15(11(14)4)10(3)12-5-6-12/h7-10,12H,5-6H2,1-4H3. The first kappa shape index (κ1) is 12.0. The Balaban J connectivity index is 2.43. The molecule has 0 heterocycles. The predicted molar refractivity (Wildman–Crippen MR) is 71.4 cm³/mol. The lowest BCUT2D eigenvalue weighted by Crippen LogP contribution is -2.03. The first-order valence-electron chi connectivity index (χ1n) is 6.30. The molecule has 0 N–H and O–H groups in total. The molecule has 0 aromatic heterocycles. The Bertz CT molecular complexity index is 389. The van der Waals surface area contributed by atoms with Crippen LogP contribution in [0.5, 0.6) is 0 Å². The van der Waals surface area contributed by atoms with Crippen LogP contribution in [0.25, 0.3) is 0 Å². The van der Waals surface area contributed by atoms with E-state index < -0.39 is 0 Å². The van der Waals surface area contributed by atoms with E-state index in [0.717, 1.165) is 10.9 Å². The molecule has 1 aliphatic carbocycles. The molecule has 0 bridgehead atoms. The first-order chi connectivity index (χ1) is 7.50. The van der Waals surface area contributed by atoms with E-state index in [4.69, 9.17) is 11.6 Å². The average Bonchev–Trinajstić information content (AvgIpc) is 3.03. The van der Waals surface area contributed by atoms with Crippen LogP contribution in [0.2, 0.25) is 5.02 Å². The lowest BCUT2D eigenvalue weighted by molar-refractivity contribution is 0.657. The molecule has 1 aromatic rings. The maximum Gasteiger partial charge on any atom is 0.0411 e. The van der Waals surface area contributed by atoms with Gasteiger partial charge < -0.3 is 0 Å². The largest absolute Gasteiger partial charge is 0.0843 e. The summed E-state index contributed by atoms with van der Waals surface area (Å²) in [7, 11) is 0. The van der Waals surface area contributed by atoms with Crippen LogP contribution in [-0.2, 0) is 0 Å². The summed E-state index contributed by atoms with van der Waals surface area (Å²) in [6, 6.07) is 4.30. The Morgan fingerprint density at radius 3 is 2.19 bits per heavy atom. The number of hydrogen-bond acceptors (Lipinski definition) is 0. The number of benzene rings is 1. The van der Waals surface area contributed by atoms with E-state index in [-0.39, 0.29) is 0 Å². The number of hydrogen-bond donors (Lipinski definition) is 0. The summed E-state index contributed by atoms with van der Waals surface area (Å²) in [6.07, 6.45) is 2.79. The zero-order chi connectivity index (χ0) is 11.9. The molecule has 0 amide bonds. The molecule has 0 nitrogen and oxygen atoms in total. The average molecular weight is 237 g/mol. The van der Waals surface area contributed by atoms with Gasteiger partial charge in [-0.2, -0.15) is 0 Å². The summed E-state index contributed by atoms with van der Waals surface area (Å²) >= 11 is 6.24. The van der Waals surface area contributed by atoms with Crippen LogP contribution in [0.15, 0.2) is 12.1 Å². The molecule has 88 valence electrons. The number of halogens is 1. The molecule has 2 rings (SSSR count). The predicted octanol–water partition coefficient (Wildman–Crippen LogP) is 5.29. The van der Waals surface area contributed by atoms with Crippen LogP contribution in [0.3, 0.4) is 0 Å². The van der Waals surface area contributed by atoms with Gasteiger partial charge in [0.05, 0.1) is 0 Å². The zero-order valence-corrected chi connectivity index (χ0v) is 11.4. The highest BCUT2D eigenvalue weighted by Gasteiger charge is 2.30. The lowest BCUT2D eigenvalue weighted by Gasteiger charge is -2.19. The van der Waals surface area contributed by atoms with Gasteiger partial charge in [-0.25, -0.2) is 0 Å². The number of rotatable bonds is 3. The van der Waals surface area contributed by atoms with Crippen molar-refractivity contribution in [1.82, 2.24) is 0 Å². The van der Waals surface area contributed by atoms with E-state index >= 15 is 0 Å². The fourth-order valence-corrected chi connectivity index (χ4v) is 2.88. The van der Waals surface area contributed by atoms with E-state index in [0.29, 0.717) is 11.8 Å². The van der Waals surface area contributed by atoms with Crippen molar-refractivity contribution in [2.45, 2.75) is 52.4 Å². The van der Waals surface area contributed by atoms with Gasteiger partial charge in [0.25, 0.3) is 0 Å². The molecule has 0 aliphatic heterocycles. The van der Waals surface area contributed by atoms with E-state index in [1.165, 1.54) is 29.5 Å². The van der Waals surface area contributed by atoms with Crippen molar-refractivity contribution < 1.29 is 0 Å². The Kier molecular flexibility index (Phi) is 3.30. The van der Waals surface area contributed by atoms with Gasteiger partial charge in [-0.1, -0.05) is 32.4 Å². The van der Waals surface area contributed by atoms with Gasteiger partial charge in [-0.3, -0.25) is 0 Å². The Labute approximate surface area is 104 Å². The van der Waals surface area contributed by atoms with Crippen molar-refractivity contribution in [1.29, 1.82) is 0 Å². The molecular formula is C15H21Cl. The molecular weight excluding hydrogens is 216 g/mol. The minimum Gasteiger partial charge on any atom is -0.0843 e. The normalized spacial score (nSPS) is 17.9. The molecule has 0 radical (unpaired) electrons. The molecule has 1 fully saturated rings. The van der Waals surface area contributed by atoms with Gasteiger partial charge in [0.15, 0.2) is 0 Å². The van der Waals surface area contributed by atoms with Crippen LogP contribution < -0.4 is 0 Å². The first-order valence-corrected chi connectivity index (χ1v) is 6.68. The van der Waals surface area contributed by atoms with Crippen LogP contribution in [0.1, 0.15) is 62.1 Å². The van der Waals surface area contributed by atoms with Crippen molar-refractivity contribution in [2.75, 3.05) is 0 Å². The molecule has 1 aliphatic rings. The third kappa shape index (κ3) is 2.27. The van der Waals surface area contributed by atoms with Gasteiger partial charge >= 0.3 is 0 Å². The quantitative estimate of drug-likeness (QED) is 0.669. The topological polar surface area (TPSA) is 0 Å². The smallest absolute Gasteiger partial charge is 0.0411 e.